The third-order valence-electron chi connectivity index (χ3n) is 5.13. The number of amides is 2. The number of hydrogen-bond acceptors (Lipinski definition) is 3. The van der Waals surface area contributed by atoms with Gasteiger partial charge in [0.05, 0.1) is 5.52 Å². The van der Waals surface area contributed by atoms with Gasteiger partial charge in [0.25, 0.3) is 5.91 Å². The molecule has 5 heteroatoms. The SMILES string of the molecule is Cc1ccc2c(-c3cccc(C(=O)N4CCC[C@H]4C(N)=O)c3)cccc2n1. The molecule has 2 heterocycles. The molecule has 2 aromatic carbocycles. The predicted molar refractivity (Wildman–Crippen MR) is 105 cm³/mol. The number of rotatable bonds is 3. The number of fused-ring (bicyclic) bond motifs is 1. The van der Waals surface area contributed by atoms with Crippen LogP contribution >= 0.6 is 0 Å². The quantitative estimate of drug-likeness (QED) is 0.779. The Morgan fingerprint density at radius 1 is 1.11 bits per heavy atom. The van der Waals surface area contributed by atoms with Gasteiger partial charge in [-0.3, -0.25) is 14.6 Å². The van der Waals surface area contributed by atoms with Crippen molar-refractivity contribution < 1.29 is 9.59 Å². The number of carbonyl (C=O) groups excluding carboxylic acids is 2. The van der Waals surface area contributed by atoms with E-state index in [0.29, 0.717) is 18.5 Å². The van der Waals surface area contributed by atoms with E-state index in [2.05, 4.69) is 11.1 Å². The molecule has 0 spiro atoms. The van der Waals surface area contributed by atoms with Crippen LogP contribution in [0.15, 0.2) is 54.6 Å². The van der Waals surface area contributed by atoms with Gasteiger partial charge >= 0.3 is 0 Å². The first-order valence-electron chi connectivity index (χ1n) is 9.12. The van der Waals surface area contributed by atoms with E-state index in [-0.39, 0.29) is 5.91 Å². The van der Waals surface area contributed by atoms with Crippen molar-refractivity contribution in [3.63, 3.8) is 0 Å². The summed E-state index contributed by atoms with van der Waals surface area (Å²) >= 11 is 0. The molecule has 2 N–H and O–H groups in total. The van der Waals surface area contributed by atoms with Gasteiger partial charge in [0.1, 0.15) is 6.04 Å². The van der Waals surface area contributed by atoms with Gasteiger partial charge in [-0.25, -0.2) is 0 Å². The molecule has 0 bridgehead atoms. The van der Waals surface area contributed by atoms with E-state index in [1.807, 2.05) is 49.4 Å². The Morgan fingerprint density at radius 2 is 1.93 bits per heavy atom. The van der Waals surface area contributed by atoms with Gasteiger partial charge in [0, 0.05) is 23.2 Å². The molecular formula is C22H21N3O2. The van der Waals surface area contributed by atoms with Crippen molar-refractivity contribution in [3.8, 4) is 11.1 Å². The van der Waals surface area contributed by atoms with Gasteiger partial charge in [-0.2, -0.15) is 0 Å². The Labute approximate surface area is 157 Å². The van der Waals surface area contributed by atoms with Crippen LogP contribution in [0.4, 0.5) is 0 Å². The number of carbonyl (C=O) groups is 2. The summed E-state index contributed by atoms with van der Waals surface area (Å²) in [5, 5.41) is 1.05. The minimum atomic E-state index is -0.508. The molecule has 4 rings (SSSR count). The molecule has 1 fully saturated rings. The maximum absolute atomic E-state index is 13.0. The fourth-order valence-electron chi connectivity index (χ4n) is 3.80. The van der Waals surface area contributed by atoms with Crippen LogP contribution in [0.25, 0.3) is 22.0 Å². The van der Waals surface area contributed by atoms with E-state index < -0.39 is 11.9 Å². The van der Waals surface area contributed by atoms with Crippen molar-refractivity contribution in [2.24, 2.45) is 5.73 Å². The van der Waals surface area contributed by atoms with Gasteiger partial charge in [-0.05, 0) is 55.2 Å². The van der Waals surface area contributed by atoms with E-state index in [1.165, 1.54) is 0 Å². The van der Waals surface area contributed by atoms with Crippen molar-refractivity contribution in [1.29, 1.82) is 0 Å². The molecular weight excluding hydrogens is 338 g/mol. The highest BCUT2D eigenvalue weighted by Gasteiger charge is 2.33. The second-order valence-electron chi connectivity index (χ2n) is 6.96. The molecule has 1 aliphatic heterocycles. The lowest BCUT2D eigenvalue weighted by Crippen LogP contribution is -2.43. The van der Waals surface area contributed by atoms with Crippen LogP contribution in [0.3, 0.4) is 0 Å². The number of nitrogens with two attached hydrogens (primary N) is 1. The zero-order valence-electron chi connectivity index (χ0n) is 15.2. The standard InChI is InChI=1S/C22H21N3O2/c1-14-10-11-18-17(7-3-8-19(18)24-14)15-5-2-6-16(13-15)22(27)25-12-4-9-20(25)21(23)26/h2-3,5-8,10-11,13,20H,4,9,12H2,1H3,(H2,23,26)/t20-/m0/s1. The molecule has 0 saturated carbocycles. The first-order chi connectivity index (χ1) is 13.0. The third-order valence-corrected chi connectivity index (χ3v) is 5.13. The van der Waals surface area contributed by atoms with Crippen molar-refractivity contribution in [1.82, 2.24) is 9.88 Å². The van der Waals surface area contributed by atoms with Crippen molar-refractivity contribution >= 4 is 22.7 Å². The van der Waals surface area contributed by atoms with E-state index in [9.17, 15) is 9.59 Å². The smallest absolute Gasteiger partial charge is 0.254 e. The largest absolute Gasteiger partial charge is 0.368 e. The summed E-state index contributed by atoms with van der Waals surface area (Å²) < 4.78 is 0. The Bertz CT molecular complexity index is 1040. The number of primary amides is 1. The molecule has 136 valence electrons. The molecule has 1 aliphatic rings. The zero-order chi connectivity index (χ0) is 19.0. The molecule has 2 amide bonds. The summed E-state index contributed by atoms with van der Waals surface area (Å²) in [7, 11) is 0. The van der Waals surface area contributed by atoms with Crippen LogP contribution in [0.2, 0.25) is 0 Å². The highest BCUT2D eigenvalue weighted by atomic mass is 16.2. The Morgan fingerprint density at radius 3 is 2.74 bits per heavy atom. The lowest BCUT2D eigenvalue weighted by molar-refractivity contribution is -0.121. The van der Waals surface area contributed by atoms with Crippen molar-refractivity contribution in [2.45, 2.75) is 25.8 Å². The monoisotopic (exact) mass is 359 g/mol. The van der Waals surface area contributed by atoms with E-state index in [0.717, 1.165) is 34.1 Å². The zero-order valence-corrected chi connectivity index (χ0v) is 15.2. The van der Waals surface area contributed by atoms with Crippen LogP contribution < -0.4 is 5.73 Å². The Kier molecular flexibility index (Phi) is 4.36. The molecule has 0 radical (unpaired) electrons. The van der Waals surface area contributed by atoms with Crippen LogP contribution in [0, 0.1) is 6.92 Å². The maximum Gasteiger partial charge on any atom is 0.254 e. The number of aromatic nitrogens is 1. The first kappa shape index (κ1) is 17.2. The molecule has 0 unspecified atom stereocenters. The van der Waals surface area contributed by atoms with Crippen LogP contribution in [-0.2, 0) is 4.79 Å². The lowest BCUT2D eigenvalue weighted by Gasteiger charge is -2.22. The van der Waals surface area contributed by atoms with E-state index >= 15 is 0 Å². The minimum absolute atomic E-state index is 0.146. The van der Waals surface area contributed by atoms with E-state index in [1.54, 1.807) is 11.0 Å². The minimum Gasteiger partial charge on any atom is -0.368 e. The van der Waals surface area contributed by atoms with Crippen LogP contribution in [-0.4, -0.2) is 34.3 Å². The molecule has 1 atom stereocenters. The lowest BCUT2D eigenvalue weighted by atomic mass is 9.98. The Hall–Kier alpha value is -3.21. The summed E-state index contributed by atoms with van der Waals surface area (Å²) in [4.78, 5) is 30.8. The average Bonchev–Trinajstić information content (AvgIpc) is 3.17. The highest BCUT2D eigenvalue weighted by molar-refractivity contribution is 6.00. The molecule has 3 aromatic rings. The fraction of sp³-hybridized carbons (Fsp3) is 0.227. The number of likely N-dealkylation sites (tertiary alicyclic amines) is 1. The normalized spacial score (nSPS) is 16.6. The fourth-order valence-corrected chi connectivity index (χ4v) is 3.80. The topological polar surface area (TPSA) is 76.3 Å². The molecule has 1 aromatic heterocycles. The molecule has 5 nitrogen and oxygen atoms in total. The highest BCUT2D eigenvalue weighted by Crippen LogP contribution is 2.29. The second-order valence-corrected chi connectivity index (χ2v) is 6.96. The second kappa shape index (κ2) is 6.83. The van der Waals surface area contributed by atoms with Gasteiger partial charge in [0.15, 0.2) is 0 Å². The van der Waals surface area contributed by atoms with Crippen LogP contribution in [0.1, 0.15) is 28.9 Å². The Balaban J connectivity index is 1.73. The predicted octanol–water partition coefficient (Wildman–Crippen LogP) is 3.30. The summed E-state index contributed by atoms with van der Waals surface area (Å²) in [6, 6.07) is 17.1. The van der Waals surface area contributed by atoms with E-state index in [4.69, 9.17) is 5.73 Å². The summed E-state index contributed by atoms with van der Waals surface area (Å²) in [5.74, 6) is -0.583. The van der Waals surface area contributed by atoms with Gasteiger partial charge < -0.3 is 10.6 Å². The maximum atomic E-state index is 13.0. The van der Waals surface area contributed by atoms with Crippen molar-refractivity contribution in [3.05, 3.63) is 65.9 Å². The summed E-state index contributed by atoms with van der Waals surface area (Å²) in [5.41, 5.74) is 9.90. The number of benzene rings is 2. The average molecular weight is 359 g/mol. The summed E-state index contributed by atoms with van der Waals surface area (Å²) in [6.07, 6.45) is 1.43. The third kappa shape index (κ3) is 3.16. The number of nitrogens with zero attached hydrogens (tertiary/aromatic N) is 2. The summed E-state index contributed by atoms with van der Waals surface area (Å²) in [6.45, 7) is 2.53. The van der Waals surface area contributed by atoms with Crippen molar-refractivity contribution in [2.75, 3.05) is 6.54 Å². The first-order valence-corrected chi connectivity index (χ1v) is 9.12. The molecule has 0 aliphatic carbocycles. The van der Waals surface area contributed by atoms with Gasteiger partial charge in [-0.15, -0.1) is 0 Å². The number of aryl methyl sites for hydroxylation is 1. The molecule has 27 heavy (non-hydrogen) atoms. The molecule has 1 saturated heterocycles. The number of hydrogen-bond donors (Lipinski definition) is 1. The van der Waals surface area contributed by atoms with Crippen LogP contribution in [0.5, 0.6) is 0 Å². The number of pyridine rings is 1. The van der Waals surface area contributed by atoms with Gasteiger partial charge in [-0.1, -0.05) is 30.3 Å². The van der Waals surface area contributed by atoms with Gasteiger partial charge in [0.2, 0.25) is 5.91 Å².